The van der Waals surface area contributed by atoms with Crippen LogP contribution >= 0.6 is 0 Å². The molecule has 0 amide bonds. The Kier molecular flexibility index (Phi) is 6.32. The normalized spacial score (nSPS) is 15.3. The van der Waals surface area contributed by atoms with Crippen molar-refractivity contribution in [1.82, 2.24) is 9.88 Å². The monoisotopic (exact) mass is 429 g/mol. The van der Waals surface area contributed by atoms with Crippen LogP contribution < -0.4 is 5.32 Å². The van der Waals surface area contributed by atoms with Crippen LogP contribution in [-0.2, 0) is 6.18 Å². The lowest BCUT2D eigenvalue weighted by Gasteiger charge is -2.26. The molecular weight excluding hydrogens is 403 g/mol. The third-order valence-electron chi connectivity index (χ3n) is 5.71. The third-order valence-corrected chi connectivity index (χ3v) is 5.71. The van der Waals surface area contributed by atoms with Crippen molar-refractivity contribution >= 4 is 16.6 Å². The SMILES string of the molecule is Oc1ccc(-c2cc(NCCCN3CCCCC3)c3cc(C(F)(F)F)ccc3n2)cc1. The predicted molar refractivity (Wildman–Crippen MR) is 117 cm³/mol. The summed E-state index contributed by atoms with van der Waals surface area (Å²) in [5.74, 6) is 0.149. The zero-order chi connectivity index (χ0) is 21.8. The van der Waals surface area contributed by atoms with Crippen molar-refractivity contribution in [3.8, 4) is 17.0 Å². The standard InChI is InChI=1S/C24H26F3N3O/c25-24(26,27)18-7-10-21-20(15-18)23(28-11-4-14-30-12-2-1-3-13-30)16-22(29-21)17-5-8-19(31)9-6-17/h5-10,15-16,31H,1-4,11-14H2,(H,28,29). The lowest BCUT2D eigenvalue weighted by Crippen LogP contribution is -2.31. The molecular formula is C24H26F3N3O. The van der Waals surface area contributed by atoms with Crippen LogP contribution in [0.2, 0.25) is 0 Å². The van der Waals surface area contributed by atoms with Gasteiger partial charge in [-0.3, -0.25) is 0 Å². The summed E-state index contributed by atoms with van der Waals surface area (Å²) in [6, 6.07) is 12.1. The van der Waals surface area contributed by atoms with Crippen molar-refractivity contribution in [3.63, 3.8) is 0 Å². The summed E-state index contributed by atoms with van der Waals surface area (Å²) in [6.07, 6.45) is 0.267. The first kappa shape index (κ1) is 21.4. The highest BCUT2D eigenvalue weighted by Gasteiger charge is 2.30. The van der Waals surface area contributed by atoms with E-state index in [-0.39, 0.29) is 5.75 Å². The maximum Gasteiger partial charge on any atom is 0.416 e. The number of pyridine rings is 1. The second kappa shape index (κ2) is 9.14. The third kappa shape index (κ3) is 5.28. The summed E-state index contributed by atoms with van der Waals surface area (Å²) in [4.78, 5) is 7.01. The highest BCUT2D eigenvalue weighted by atomic mass is 19.4. The molecule has 0 aliphatic carbocycles. The Bertz CT molecular complexity index is 1030. The smallest absolute Gasteiger partial charge is 0.416 e. The number of halogens is 3. The van der Waals surface area contributed by atoms with E-state index >= 15 is 0 Å². The Morgan fingerprint density at radius 1 is 0.968 bits per heavy atom. The average molecular weight is 429 g/mol. The lowest BCUT2D eigenvalue weighted by molar-refractivity contribution is -0.137. The van der Waals surface area contributed by atoms with Crippen molar-refractivity contribution in [2.24, 2.45) is 0 Å². The maximum absolute atomic E-state index is 13.3. The first-order valence-corrected chi connectivity index (χ1v) is 10.7. The second-order valence-electron chi connectivity index (χ2n) is 8.01. The number of alkyl halides is 3. The molecule has 7 heteroatoms. The Morgan fingerprint density at radius 3 is 2.42 bits per heavy atom. The molecule has 4 rings (SSSR count). The second-order valence-corrected chi connectivity index (χ2v) is 8.01. The van der Waals surface area contributed by atoms with E-state index in [0.717, 1.165) is 43.8 Å². The van der Waals surface area contributed by atoms with Gasteiger partial charge in [0.1, 0.15) is 5.75 Å². The summed E-state index contributed by atoms with van der Waals surface area (Å²) in [6.45, 7) is 3.89. The molecule has 0 radical (unpaired) electrons. The van der Waals surface area contributed by atoms with Crippen molar-refractivity contribution in [1.29, 1.82) is 0 Å². The Labute approximate surface area is 179 Å². The number of phenolic OH excluding ortho intramolecular Hbond substituents is 1. The van der Waals surface area contributed by atoms with Crippen LogP contribution in [0.25, 0.3) is 22.2 Å². The fraction of sp³-hybridized carbons (Fsp3) is 0.375. The van der Waals surface area contributed by atoms with Gasteiger partial charge in [-0.15, -0.1) is 0 Å². The molecule has 164 valence electrons. The number of piperidine rings is 1. The number of benzene rings is 2. The van der Waals surface area contributed by atoms with E-state index < -0.39 is 11.7 Å². The number of rotatable bonds is 6. The molecule has 2 N–H and O–H groups in total. The van der Waals surface area contributed by atoms with Crippen molar-refractivity contribution < 1.29 is 18.3 Å². The molecule has 3 aromatic rings. The number of nitrogens with one attached hydrogen (secondary N) is 1. The molecule has 1 saturated heterocycles. The Balaban J connectivity index is 1.61. The number of anilines is 1. The predicted octanol–water partition coefficient (Wildman–Crippen LogP) is 5.91. The van der Waals surface area contributed by atoms with Crippen LogP contribution in [0.3, 0.4) is 0 Å². The summed E-state index contributed by atoms with van der Waals surface area (Å²) < 4.78 is 39.8. The van der Waals surface area contributed by atoms with Crippen LogP contribution in [0.15, 0.2) is 48.5 Å². The number of aromatic nitrogens is 1. The van der Waals surface area contributed by atoms with Crippen LogP contribution in [0.5, 0.6) is 5.75 Å². The molecule has 1 aliphatic heterocycles. The molecule has 31 heavy (non-hydrogen) atoms. The van der Waals surface area contributed by atoms with E-state index in [1.54, 1.807) is 30.3 Å². The van der Waals surface area contributed by atoms with Crippen LogP contribution in [0.4, 0.5) is 18.9 Å². The van der Waals surface area contributed by atoms with Gasteiger partial charge in [0, 0.05) is 23.2 Å². The number of likely N-dealkylation sites (tertiary alicyclic amines) is 1. The largest absolute Gasteiger partial charge is 0.508 e. The molecule has 2 heterocycles. The molecule has 0 saturated carbocycles. The number of aromatic hydroxyl groups is 1. The van der Waals surface area contributed by atoms with Gasteiger partial charge in [-0.05, 0) is 87.4 Å². The van der Waals surface area contributed by atoms with Gasteiger partial charge in [0.15, 0.2) is 0 Å². The number of nitrogens with zero attached hydrogens (tertiary/aromatic N) is 2. The minimum absolute atomic E-state index is 0.149. The van der Waals surface area contributed by atoms with Crippen LogP contribution in [-0.4, -0.2) is 41.2 Å². The molecule has 4 nitrogen and oxygen atoms in total. The van der Waals surface area contributed by atoms with Gasteiger partial charge < -0.3 is 15.3 Å². The molecule has 0 spiro atoms. The molecule has 1 aliphatic rings. The van der Waals surface area contributed by atoms with Gasteiger partial charge in [-0.2, -0.15) is 13.2 Å². The van der Waals surface area contributed by atoms with Crippen LogP contribution in [0, 0.1) is 0 Å². The summed E-state index contributed by atoms with van der Waals surface area (Å²) in [5.41, 5.74) is 1.88. The van der Waals surface area contributed by atoms with E-state index in [1.165, 1.54) is 25.3 Å². The zero-order valence-electron chi connectivity index (χ0n) is 17.3. The van der Waals surface area contributed by atoms with E-state index in [9.17, 15) is 18.3 Å². The minimum Gasteiger partial charge on any atom is -0.508 e. The molecule has 1 aromatic heterocycles. The first-order valence-electron chi connectivity index (χ1n) is 10.7. The van der Waals surface area contributed by atoms with Crippen molar-refractivity contribution in [2.45, 2.75) is 31.9 Å². The highest BCUT2D eigenvalue weighted by molar-refractivity contribution is 5.94. The number of hydrogen-bond acceptors (Lipinski definition) is 4. The molecule has 0 atom stereocenters. The fourth-order valence-corrected chi connectivity index (χ4v) is 4.04. The lowest BCUT2D eigenvalue weighted by atomic mass is 10.0. The van der Waals surface area contributed by atoms with Gasteiger partial charge in [-0.25, -0.2) is 4.98 Å². The number of hydrogen-bond donors (Lipinski definition) is 2. The fourth-order valence-electron chi connectivity index (χ4n) is 4.04. The highest BCUT2D eigenvalue weighted by Crippen LogP contribution is 2.35. The Morgan fingerprint density at radius 2 is 1.71 bits per heavy atom. The van der Waals surface area contributed by atoms with Gasteiger partial charge in [0.25, 0.3) is 0 Å². The minimum atomic E-state index is -4.41. The number of fused-ring (bicyclic) bond motifs is 1. The van der Waals surface area contributed by atoms with Crippen LogP contribution in [0.1, 0.15) is 31.2 Å². The molecule has 2 aromatic carbocycles. The van der Waals surface area contributed by atoms with Gasteiger partial charge in [0.05, 0.1) is 16.8 Å². The molecule has 1 fully saturated rings. The van der Waals surface area contributed by atoms with E-state index in [0.29, 0.717) is 28.8 Å². The zero-order valence-corrected chi connectivity index (χ0v) is 17.3. The maximum atomic E-state index is 13.3. The Hall–Kier alpha value is -2.80. The topological polar surface area (TPSA) is 48.4 Å². The van der Waals surface area contributed by atoms with Gasteiger partial charge in [-0.1, -0.05) is 6.42 Å². The van der Waals surface area contributed by atoms with Gasteiger partial charge in [0.2, 0.25) is 0 Å². The van der Waals surface area contributed by atoms with E-state index in [2.05, 4.69) is 15.2 Å². The summed E-state index contributed by atoms with van der Waals surface area (Å²) in [7, 11) is 0. The van der Waals surface area contributed by atoms with E-state index in [4.69, 9.17) is 0 Å². The number of phenols is 1. The van der Waals surface area contributed by atoms with Gasteiger partial charge >= 0.3 is 6.18 Å². The summed E-state index contributed by atoms with van der Waals surface area (Å²) in [5, 5.41) is 13.3. The van der Waals surface area contributed by atoms with Crippen molar-refractivity contribution in [3.05, 3.63) is 54.1 Å². The first-order chi connectivity index (χ1) is 14.9. The molecule has 0 bridgehead atoms. The van der Waals surface area contributed by atoms with Crippen molar-refractivity contribution in [2.75, 3.05) is 31.5 Å². The van der Waals surface area contributed by atoms with E-state index in [1.807, 2.05) is 0 Å². The quantitative estimate of drug-likeness (QED) is 0.478. The summed E-state index contributed by atoms with van der Waals surface area (Å²) >= 11 is 0. The average Bonchev–Trinajstić information content (AvgIpc) is 2.76. The molecule has 0 unspecified atom stereocenters.